The number of fused-ring (bicyclic) bond motifs is 1. The number of halogens is 1. The summed E-state index contributed by atoms with van der Waals surface area (Å²) in [6.45, 7) is 1.49. The highest BCUT2D eigenvalue weighted by Gasteiger charge is 2.17. The second-order valence-corrected chi connectivity index (χ2v) is 6.98. The number of anilines is 2. The van der Waals surface area contributed by atoms with Gasteiger partial charge >= 0.3 is 0 Å². The van der Waals surface area contributed by atoms with Crippen molar-refractivity contribution in [3.05, 3.63) is 71.0 Å². The lowest BCUT2D eigenvalue weighted by molar-refractivity contribution is -0.115. The van der Waals surface area contributed by atoms with Crippen molar-refractivity contribution in [3.63, 3.8) is 0 Å². The van der Waals surface area contributed by atoms with Crippen LogP contribution in [0.3, 0.4) is 0 Å². The van der Waals surface area contributed by atoms with Gasteiger partial charge in [0.05, 0.1) is 28.6 Å². The van der Waals surface area contributed by atoms with Crippen LogP contribution in [-0.2, 0) is 4.79 Å². The summed E-state index contributed by atoms with van der Waals surface area (Å²) in [5.41, 5.74) is 3.11. The van der Waals surface area contributed by atoms with Crippen LogP contribution in [0.15, 0.2) is 65.3 Å². The monoisotopic (exact) mass is 395 g/mol. The van der Waals surface area contributed by atoms with Gasteiger partial charge in [0.1, 0.15) is 6.33 Å². The number of imidazole rings is 1. The molecule has 0 aliphatic carbocycles. The Morgan fingerprint density at radius 3 is 2.93 bits per heavy atom. The Labute approximate surface area is 164 Å². The highest BCUT2D eigenvalue weighted by Crippen LogP contribution is 2.30. The number of hydrogen-bond acceptors (Lipinski definition) is 5. The third-order valence-electron chi connectivity index (χ3n) is 3.83. The van der Waals surface area contributed by atoms with E-state index in [0.717, 1.165) is 11.0 Å². The van der Waals surface area contributed by atoms with Crippen LogP contribution in [0.25, 0.3) is 11.0 Å². The maximum absolute atomic E-state index is 12.2. The first-order chi connectivity index (χ1) is 13.1. The number of benzene rings is 2. The summed E-state index contributed by atoms with van der Waals surface area (Å²) in [4.78, 5) is 22.5. The maximum Gasteiger partial charge on any atom is 0.230 e. The van der Waals surface area contributed by atoms with E-state index in [1.54, 1.807) is 35.4 Å². The average Bonchev–Trinajstić information content (AvgIpc) is 3.27. The molecule has 0 radical (unpaired) electrons. The molecule has 2 aromatic heterocycles. The van der Waals surface area contributed by atoms with Gasteiger partial charge in [-0.3, -0.25) is 9.69 Å². The van der Waals surface area contributed by atoms with Gasteiger partial charge in [0.2, 0.25) is 5.91 Å². The molecule has 0 saturated heterocycles. The van der Waals surface area contributed by atoms with Gasteiger partial charge in [0, 0.05) is 17.3 Å². The molecule has 1 amide bonds. The predicted octanol–water partition coefficient (Wildman–Crippen LogP) is 4.71. The highest BCUT2D eigenvalue weighted by molar-refractivity contribution is 7.14. The van der Waals surface area contributed by atoms with Crippen LogP contribution < -0.4 is 4.90 Å². The van der Waals surface area contributed by atoms with E-state index in [1.165, 1.54) is 23.2 Å². The zero-order chi connectivity index (χ0) is 18.8. The Kier molecular flexibility index (Phi) is 4.70. The first kappa shape index (κ1) is 17.4. The van der Waals surface area contributed by atoms with Gasteiger partial charge in [0.15, 0.2) is 5.13 Å². The number of nitrogens with zero attached hydrogens (tertiary/aromatic N) is 5. The lowest BCUT2D eigenvalue weighted by Gasteiger charge is -2.18. The van der Waals surface area contributed by atoms with Crippen LogP contribution in [0, 0.1) is 0 Å². The molecule has 0 atom stereocenters. The van der Waals surface area contributed by atoms with Gasteiger partial charge in [-0.2, -0.15) is 5.10 Å². The van der Waals surface area contributed by atoms with E-state index >= 15 is 0 Å². The third kappa shape index (κ3) is 3.60. The SMILES string of the molecule is CC(=O)N(c1cccc(Cl)c1)c1nc(/C=N\n2cnc3ccccc32)cs1. The Hall–Kier alpha value is -3.03. The van der Waals surface area contributed by atoms with Gasteiger partial charge in [-0.25, -0.2) is 14.6 Å². The topological polar surface area (TPSA) is 63.4 Å². The molecule has 0 bridgehead atoms. The second kappa shape index (κ2) is 7.30. The molecule has 0 saturated carbocycles. The molecule has 0 spiro atoms. The molecule has 2 aromatic carbocycles. The van der Waals surface area contributed by atoms with Crippen molar-refractivity contribution in [2.45, 2.75) is 6.92 Å². The standard InChI is InChI=1S/C19H14ClN5OS/c1-13(26)25(16-6-4-5-14(20)9-16)19-23-15(11-27-19)10-22-24-12-21-17-7-2-3-8-18(17)24/h2-12H,1H3/b22-10-. The number of carbonyl (C=O) groups is 1. The lowest BCUT2D eigenvalue weighted by Crippen LogP contribution is -2.22. The molecule has 0 aliphatic heterocycles. The van der Waals surface area contributed by atoms with Gasteiger partial charge in [0.25, 0.3) is 0 Å². The summed E-state index contributed by atoms with van der Waals surface area (Å²) >= 11 is 7.42. The fraction of sp³-hybridized carbons (Fsp3) is 0.0526. The van der Waals surface area contributed by atoms with Crippen LogP contribution in [-0.4, -0.2) is 26.8 Å². The number of para-hydroxylation sites is 2. The van der Waals surface area contributed by atoms with Gasteiger partial charge < -0.3 is 0 Å². The summed E-state index contributed by atoms with van der Waals surface area (Å²) in [6.07, 6.45) is 3.30. The average molecular weight is 396 g/mol. The Morgan fingerprint density at radius 1 is 1.26 bits per heavy atom. The van der Waals surface area contributed by atoms with Crippen molar-refractivity contribution in [1.82, 2.24) is 14.6 Å². The zero-order valence-electron chi connectivity index (χ0n) is 14.3. The number of thiazole rings is 1. The molecule has 4 rings (SSSR count). The van der Waals surface area contributed by atoms with Gasteiger partial charge in [-0.05, 0) is 30.3 Å². The van der Waals surface area contributed by atoms with Gasteiger partial charge in [-0.15, -0.1) is 11.3 Å². The largest absolute Gasteiger partial charge is 0.274 e. The molecule has 0 unspecified atom stereocenters. The summed E-state index contributed by atoms with van der Waals surface area (Å²) in [7, 11) is 0. The number of hydrogen-bond donors (Lipinski definition) is 0. The number of amides is 1. The highest BCUT2D eigenvalue weighted by atomic mass is 35.5. The van der Waals surface area contributed by atoms with E-state index in [4.69, 9.17) is 11.6 Å². The first-order valence-electron chi connectivity index (χ1n) is 8.10. The molecule has 4 aromatic rings. The molecule has 6 nitrogen and oxygen atoms in total. The summed E-state index contributed by atoms with van der Waals surface area (Å²) in [5.74, 6) is -0.143. The van der Waals surface area contributed by atoms with Crippen molar-refractivity contribution in [1.29, 1.82) is 0 Å². The molecule has 0 fully saturated rings. The molecule has 0 aliphatic rings. The number of rotatable bonds is 4. The minimum absolute atomic E-state index is 0.143. The third-order valence-corrected chi connectivity index (χ3v) is 4.91. The van der Waals surface area contributed by atoms with E-state index in [1.807, 2.05) is 35.7 Å². The molecule has 2 heterocycles. The van der Waals surface area contributed by atoms with Gasteiger partial charge in [-0.1, -0.05) is 29.8 Å². The zero-order valence-corrected chi connectivity index (χ0v) is 15.9. The first-order valence-corrected chi connectivity index (χ1v) is 9.36. The summed E-state index contributed by atoms with van der Waals surface area (Å²) < 4.78 is 1.69. The van der Waals surface area contributed by atoms with Crippen LogP contribution in [0.1, 0.15) is 12.6 Å². The van der Waals surface area contributed by atoms with Crippen molar-refractivity contribution >= 4 is 56.9 Å². The van der Waals surface area contributed by atoms with E-state index in [2.05, 4.69) is 15.1 Å². The van der Waals surface area contributed by atoms with Crippen LogP contribution in [0.4, 0.5) is 10.8 Å². The van der Waals surface area contributed by atoms with E-state index in [9.17, 15) is 4.79 Å². The summed E-state index contributed by atoms with van der Waals surface area (Å²) in [5, 5.41) is 7.38. The minimum atomic E-state index is -0.143. The number of carbonyl (C=O) groups excluding carboxylic acids is 1. The summed E-state index contributed by atoms with van der Waals surface area (Å²) in [6, 6.07) is 14.9. The predicted molar refractivity (Wildman–Crippen MR) is 109 cm³/mol. The normalized spacial score (nSPS) is 11.3. The van der Waals surface area contributed by atoms with E-state index in [-0.39, 0.29) is 5.91 Å². The van der Waals surface area contributed by atoms with Crippen molar-refractivity contribution in [2.75, 3.05) is 4.90 Å². The molecule has 0 N–H and O–H groups in total. The number of aromatic nitrogens is 3. The van der Waals surface area contributed by atoms with Crippen LogP contribution >= 0.6 is 22.9 Å². The lowest BCUT2D eigenvalue weighted by atomic mass is 10.3. The van der Waals surface area contributed by atoms with Crippen LogP contribution in [0.2, 0.25) is 5.02 Å². The van der Waals surface area contributed by atoms with E-state index < -0.39 is 0 Å². The Morgan fingerprint density at radius 2 is 2.11 bits per heavy atom. The quantitative estimate of drug-likeness (QED) is 0.470. The smallest absolute Gasteiger partial charge is 0.230 e. The Bertz CT molecular complexity index is 1150. The van der Waals surface area contributed by atoms with Crippen LogP contribution in [0.5, 0.6) is 0 Å². The van der Waals surface area contributed by atoms with E-state index in [0.29, 0.717) is 21.5 Å². The molecule has 8 heteroatoms. The van der Waals surface area contributed by atoms with Crippen molar-refractivity contribution in [2.24, 2.45) is 5.10 Å². The maximum atomic E-state index is 12.2. The second-order valence-electron chi connectivity index (χ2n) is 5.71. The Balaban J connectivity index is 1.63. The minimum Gasteiger partial charge on any atom is -0.274 e. The fourth-order valence-corrected chi connectivity index (χ4v) is 3.66. The molecule has 27 heavy (non-hydrogen) atoms. The van der Waals surface area contributed by atoms with Crippen molar-refractivity contribution < 1.29 is 4.79 Å². The molecular formula is C19H14ClN5OS. The fourth-order valence-electron chi connectivity index (χ4n) is 2.64. The molecular weight excluding hydrogens is 382 g/mol. The molecule has 134 valence electrons. The van der Waals surface area contributed by atoms with Crippen molar-refractivity contribution in [3.8, 4) is 0 Å².